The predicted molar refractivity (Wildman–Crippen MR) is 82.7 cm³/mol. The molecule has 23 heavy (non-hydrogen) atoms. The van der Waals surface area contributed by atoms with Crippen LogP contribution in [0.4, 0.5) is 0 Å². The largest absolute Gasteiger partial charge is 0.463 e. The summed E-state index contributed by atoms with van der Waals surface area (Å²) < 4.78 is 10.0. The van der Waals surface area contributed by atoms with Crippen LogP contribution in [0.2, 0.25) is 0 Å². The number of rotatable bonds is 8. The summed E-state index contributed by atoms with van der Waals surface area (Å²) in [4.78, 5) is 23.0. The van der Waals surface area contributed by atoms with Crippen molar-refractivity contribution in [3.05, 3.63) is 48.3 Å². The Kier molecular flexibility index (Phi) is 6.33. The van der Waals surface area contributed by atoms with Gasteiger partial charge in [0.1, 0.15) is 11.5 Å². The normalized spacial score (nSPS) is 11.1. The molecule has 0 unspecified atom stereocenters. The maximum atomic E-state index is 11.5. The van der Waals surface area contributed by atoms with E-state index in [9.17, 15) is 9.59 Å². The molecule has 0 saturated carbocycles. The molecule has 0 aliphatic carbocycles. The lowest BCUT2D eigenvalue weighted by Gasteiger charge is -2.00. The van der Waals surface area contributed by atoms with Crippen molar-refractivity contribution in [3.63, 3.8) is 0 Å². The molecule has 0 aliphatic heterocycles. The molecule has 0 atom stereocenters. The van der Waals surface area contributed by atoms with E-state index in [1.165, 1.54) is 25.0 Å². The lowest BCUT2D eigenvalue weighted by atomic mass is 10.2. The van der Waals surface area contributed by atoms with Gasteiger partial charge in [0.2, 0.25) is 11.8 Å². The van der Waals surface area contributed by atoms with Crippen LogP contribution in [-0.2, 0) is 9.59 Å². The molecule has 0 radical (unpaired) electrons. The molecule has 0 aliphatic rings. The van der Waals surface area contributed by atoms with Gasteiger partial charge in [0, 0.05) is 12.8 Å². The van der Waals surface area contributed by atoms with Crippen LogP contribution < -0.4 is 10.9 Å². The molecule has 0 spiro atoms. The zero-order chi connectivity index (χ0) is 16.3. The number of hydrazone groups is 2. The summed E-state index contributed by atoms with van der Waals surface area (Å²) in [6, 6.07) is 6.86. The lowest BCUT2D eigenvalue weighted by molar-refractivity contribution is -0.122. The third-order valence-electron chi connectivity index (χ3n) is 2.66. The minimum absolute atomic E-state index is 0.185. The molecular weight excluding hydrogens is 300 g/mol. The molecule has 2 rings (SSSR count). The van der Waals surface area contributed by atoms with Gasteiger partial charge in [-0.3, -0.25) is 9.59 Å². The predicted octanol–water partition coefficient (Wildman–Crippen LogP) is 1.64. The third kappa shape index (κ3) is 6.42. The lowest BCUT2D eigenvalue weighted by Crippen LogP contribution is -2.20. The number of hydrogen-bond donors (Lipinski definition) is 2. The van der Waals surface area contributed by atoms with E-state index in [4.69, 9.17) is 8.83 Å². The van der Waals surface area contributed by atoms with Crippen molar-refractivity contribution in [3.8, 4) is 0 Å². The van der Waals surface area contributed by atoms with Crippen LogP contribution >= 0.6 is 0 Å². The molecule has 2 aromatic heterocycles. The first-order valence-corrected chi connectivity index (χ1v) is 6.95. The minimum atomic E-state index is -0.278. The molecule has 0 saturated heterocycles. The van der Waals surface area contributed by atoms with E-state index in [1.807, 2.05) is 0 Å². The smallest absolute Gasteiger partial charge is 0.240 e. The fraction of sp³-hybridized carbons (Fsp3) is 0.200. The van der Waals surface area contributed by atoms with Gasteiger partial charge in [-0.05, 0) is 30.7 Å². The SMILES string of the molecule is O=C(CCCC(=O)NN=Cc1ccco1)NN=Cc1ccco1. The van der Waals surface area contributed by atoms with E-state index in [0.29, 0.717) is 17.9 Å². The topological polar surface area (TPSA) is 109 Å². The standard InChI is InChI=1S/C15H16N4O4/c20-14(18-16-10-12-4-2-8-22-12)6-1-7-15(21)19-17-11-13-5-3-9-23-13/h2-5,8-11H,1,6-7H2,(H,18,20)(H,19,21). The van der Waals surface area contributed by atoms with Crippen LogP contribution in [0.25, 0.3) is 0 Å². The number of carbonyl (C=O) groups excluding carboxylic acids is 2. The van der Waals surface area contributed by atoms with Crippen LogP contribution in [0.1, 0.15) is 30.8 Å². The van der Waals surface area contributed by atoms with Gasteiger partial charge in [-0.25, -0.2) is 10.9 Å². The van der Waals surface area contributed by atoms with Crippen molar-refractivity contribution in [2.45, 2.75) is 19.3 Å². The van der Waals surface area contributed by atoms with Gasteiger partial charge < -0.3 is 8.83 Å². The zero-order valence-corrected chi connectivity index (χ0v) is 12.3. The highest BCUT2D eigenvalue weighted by molar-refractivity contribution is 5.82. The van der Waals surface area contributed by atoms with E-state index < -0.39 is 0 Å². The summed E-state index contributed by atoms with van der Waals surface area (Å²) in [6.45, 7) is 0. The molecule has 2 N–H and O–H groups in total. The second-order valence-corrected chi connectivity index (χ2v) is 4.47. The highest BCUT2D eigenvalue weighted by Gasteiger charge is 2.04. The zero-order valence-electron chi connectivity index (χ0n) is 12.3. The molecule has 0 bridgehead atoms. The van der Waals surface area contributed by atoms with Crippen LogP contribution in [0.3, 0.4) is 0 Å². The van der Waals surface area contributed by atoms with Gasteiger partial charge in [-0.15, -0.1) is 0 Å². The van der Waals surface area contributed by atoms with E-state index in [-0.39, 0.29) is 24.7 Å². The summed E-state index contributed by atoms with van der Waals surface area (Å²) in [6.07, 6.45) is 6.58. The van der Waals surface area contributed by atoms with Crippen LogP contribution in [0.15, 0.2) is 55.8 Å². The van der Waals surface area contributed by atoms with Gasteiger partial charge >= 0.3 is 0 Å². The molecule has 8 nitrogen and oxygen atoms in total. The molecule has 120 valence electrons. The Morgan fingerprint density at radius 1 is 0.913 bits per heavy atom. The Labute approximate surface area is 132 Å². The maximum absolute atomic E-state index is 11.5. The summed E-state index contributed by atoms with van der Waals surface area (Å²) >= 11 is 0. The molecule has 2 amide bonds. The van der Waals surface area contributed by atoms with Crippen molar-refractivity contribution in [2.24, 2.45) is 10.2 Å². The fourth-order valence-corrected chi connectivity index (χ4v) is 1.59. The Hall–Kier alpha value is -3.16. The molecule has 8 heteroatoms. The van der Waals surface area contributed by atoms with Crippen LogP contribution in [0.5, 0.6) is 0 Å². The molecule has 2 heterocycles. The van der Waals surface area contributed by atoms with Crippen molar-refractivity contribution in [2.75, 3.05) is 0 Å². The number of nitrogens with zero attached hydrogens (tertiary/aromatic N) is 2. The number of nitrogens with one attached hydrogen (secondary N) is 2. The Balaban J connectivity index is 1.56. The van der Waals surface area contributed by atoms with Crippen LogP contribution in [0, 0.1) is 0 Å². The molecular formula is C15H16N4O4. The van der Waals surface area contributed by atoms with Gasteiger partial charge in [0.05, 0.1) is 25.0 Å². The number of amides is 2. The average molecular weight is 316 g/mol. The first kappa shape index (κ1) is 16.2. The summed E-state index contributed by atoms with van der Waals surface area (Å²) in [5.74, 6) is 0.526. The first-order chi connectivity index (χ1) is 11.2. The quantitative estimate of drug-likeness (QED) is 0.570. The van der Waals surface area contributed by atoms with E-state index in [0.717, 1.165) is 0 Å². The van der Waals surface area contributed by atoms with Gasteiger partial charge in [0.15, 0.2) is 0 Å². The van der Waals surface area contributed by atoms with Crippen molar-refractivity contribution >= 4 is 24.2 Å². The highest BCUT2D eigenvalue weighted by Crippen LogP contribution is 1.97. The van der Waals surface area contributed by atoms with E-state index in [1.54, 1.807) is 24.3 Å². The fourth-order valence-electron chi connectivity index (χ4n) is 1.59. The second kappa shape index (κ2) is 8.98. The molecule has 0 aromatic carbocycles. The molecule has 0 fully saturated rings. The highest BCUT2D eigenvalue weighted by atomic mass is 16.3. The van der Waals surface area contributed by atoms with Gasteiger partial charge in [0.25, 0.3) is 0 Å². The van der Waals surface area contributed by atoms with Crippen LogP contribution in [-0.4, -0.2) is 24.2 Å². The van der Waals surface area contributed by atoms with Gasteiger partial charge in [-0.1, -0.05) is 0 Å². The monoisotopic (exact) mass is 316 g/mol. The Morgan fingerprint density at radius 3 is 1.78 bits per heavy atom. The summed E-state index contributed by atoms with van der Waals surface area (Å²) in [5.41, 5.74) is 4.71. The number of carbonyl (C=O) groups is 2. The summed E-state index contributed by atoms with van der Waals surface area (Å²) in [5, 5.41) is 7.47. The molecule has 2 aromatic rings. The van der Waals surface area contributed by atoms with Crippen molar-refractivity contribution in [1.82, 2.24) is 10.9 Å². The average Bonchev–Trinajstić information content (AvgIpc) is 3.20. The first-order valence-electron chi connectivity index (χ1n) is 6.95. The van der Waals surface area contributed by atoms with E-state index in [2.05, 4.69) is 21.1 Å². The third-order valence-corrected chi connectivity index (χ3v) is 2.66. The van der Waals surface area contributed by atoms with Crippen molar-refractivity contribution < 1.29 is 18.4 Å². The van der Waals surface area contributed by atoms with E-state index >= 15 is 0 Å². The van der Waals surface area contributed by atoms with Crippen molar-refractivity contribution in [1.29, 1.82) is 0 Å². The second-order valence-electron chi connectivity index (χ2n) is 4.47. The summed E-state index contributed by atoms with van der Waals surface area (Å²) in [7, 11) is 0. The Bertz CT molecular complexity index is 601. The minimum Gasteiger partial charge on any atom is -0.463 e. The van der Waals surface area contributed by atoms with Gasteiger partial charge in [-0.2, -0.15) is 10.2 Å². The number of furan rings is 2. The Morgan fingerprint density at radius 2 is 1.39 bits per heavy atom. The number of hydrogen-bond acceptors (Lipinski definition) is 6. The maximum Gasteiger partial charge on any atom is 0.240 e.